The van der Waals surface area contributed by atoms with Crippen LogP contribution in [0.4, 0.5) is 0 Å². The van der Waals surface area contributed by atoms with Gasteiger partial charge in [-0.15, -0.1) is 35.3 Å². The van der Waals surface area contributed by atoms with Gasteiger partial charge in [0.15, 0.2) is 5.96 Å². The smallest absolute Gasteiger partial charge is 0.191 e. The summed E-state index contributed by atoms with van der Waals surface area (Å²) in [5, 5.41) is 9.83. The van der Waals surface area contributed by atoms with Gasteiger partial charge in [0, 0.05) is 19.0 Å². The molecule has 0 amide bonds. The van der Waals surface area contributed by atoms with Crippen LogP contribution >= 0.6 is 35.3 Å². The Kier molecular flexibility index (Phi) is 9.20. The van der Waals surface area contributed by atoms with Gasteiger partial charge in [0.05, 0.1) is 19.3 Å². The highest BCUT2D eigenvalue weighted by Gasteiger charge is 2.07. The summed E-state index contributed by atoms with van der Waals surface area (Å²) in [5.74, 6) is 2.14. The number of hydrogen-bond donors (Lipinski definition) is 2. The normalized spacial score (nSPS) is 11.2. The van der Waals surface area contributed by atoms with E-state index in [1.807, 2.05) is 13.0 Å². The van der Waals surface area contributed by atoms with Crippen molar-refractivity contribution in [3.8, 4) is 5.75 Å². The minimum atomic E-state index is 0. The van der Waals surface area contributed by atoms with E-state index < -0.39 is 0 Å². The molecule has 0 aliphatic heterocycles. The lowest BCUT2D eigenvalue weighted by Gasteiger charge is -2.12. The second-order valence-electron chi connectivity index (χ2n) is 5.90. The number of aryl methyl sites for hydroxylation is 1. The lowest BCUT2D eigenvalue weighted by Crippen LogP contribution is -2.36. The van der Waals surface area contributed by atoms with Crippen LogP contribution in [0, 0.1) is 6.92 Å². The van der Waals surface area contributed by atoms with Crippen LogP contribution in [0.2, 0.25) is 0 Å². The van der Waals surface area contributed by atoms with E-state index in [-0.39, 0.29) is 24.0 Å². The van der Waals surface area contributed by atoms with E-state index in [9.17, 15) is 0 Å². The van der Waals surface area contributed by atoms with Gasteiger partial charge in [-0.25, -0.2) is 4.98 Å². The summed E-state index contributed by atoms with van der Waals surface area (Å²) in [6, 6.07) is 6.17. The van der Waals surface area contributed by atoms with Crippen molar-refractivity contribution in [1.82, 2.24) is 15.6 Å². The fourth-order valence-corrected chi connectivity index (χ4v) is 3.18. The molecule has 2 rings (SSSR count). The Morgan fingerprint density at radius 1 is 1.28 bits per heavy atom. The van der Waals surface area contributed by atoms with Gasteiger partial charge in [0.1, 0.15) is 10.8 Å². The zero-order chi connectivity index (χ0) is 17.5. The van der Waals surface area contributed by atoms with Crippen LogP contribution in [0.5, 0.6) is 5.75 Å². The van der Waals surface area contributed by atoms with Gasteiger partial charge >= 0.3 is 0 Å². The number of rotatable bonds is 6. The largest absolute Gasteiger partial charge is 0.496 e. The maximum Gasteiger partial charge on any atom is 0.191 e. The van der Waals surface area contributed by atoms with Crippen molar-refractivity contribution >= 4 is 41.3 Å². The average Bonchev–Trinajstić information content (AvgIpc) is 3.04. The molecule has 2 N–H and O–H groups in total. The van der Waals surface area contributed by atoms with Crippen LogP contribution in [-0.2, 0) is 13.1 Å². The fourth-order valence-electron chi connectivity index (χ4n) is 2.29. The van der Waals surface area contributed by atoms with Gasteiger partial charge in [-0.3, -0.25) is 4.99 Å². The molecule has 2 aromatic rings. The first-order chi connectivity index (χ1) is 11.5. The van der Waals surface area contributed by atoms with E-state index in [1.165, 1.54) is 5.56 Å². The molecule has 0 aliphatic carbocycles. The van der Waals surface area contributed by atoms with E-state index in [0.29, 0.717) is 19.0 Å². The van der Waals surface area contributed by atoms with Gasteiger partial charge in [0.2, 0.25) is 0 Å². The van der Waals surface area contributed by atoms with Crippen LogP contribution < -0.4 is 15.4 Å². The third-order valence-electron chi connectivity index (χ3n) is 3.71. The quantitative estimate of drug-likeness (QED) is 0.377. The molecule has 0 saturated heterocycles. The molecule has 0 spiro atoms. The Morgan fingerprint density at radius 3 is 2.56 bits per heavy atom. The summed E-state index contributed by atoms with van der Waals surface area (Å²) in [5.41, 5.74) is 3.46. The second kappa shape index (κ2) is 10.6. The molecule has 0 fully saturated rings. The highest BCUT2D eigenvalue weighted by molar-refractivity contribution is 14.0. The zero-order valence-electron chi connectivity index (χ0n) is 15.4. The van der Waals surface area contributed by atoms with Crippen molar-refractivity contribution in [3.63, 3.8) is 0 Å². The minimum absolute atomic E-state index is 0. The van der Waals surface area contributed by atoms with Crippen LogP contribution in [0.1, 0.15) is 41.6 Å². The predicted molar refractivity (Wildman–Crippen MR) is 116 cm³/mol. The van der Waals surface area contributed by atoms with Crippen molar-refractivity contribution in [2.75, 3.05) is 14.2 Å². The summed E-state index contributed by atoms with van der Waals surface area (Å²) >= 11 is 1.68. The molecular weight excluding hydrogens is 447 g/mol. The number of methoxy groups -OCH3 is 1. The van der Waals surface area contributed by atoms with E-state index in [1.54, 1.807) is 25.5 Å². The van der Waals surface area contributed by atoms with Crippen molar-refractivity contribution in [2.24, 2.45) is 4.99 Å². The molecule has 1 aromatic heterocycles. The van der Waals surface area contributed by atoms with Crippen molar-refractivity contribution in [1.29, 1.82) is 0 Å². The highest BCUT2D eigenvalue weighted by atomic mass is 127. The lowest BCUT2D eigenvalue weighted by atomic mass is 10.1. The molecule has 0 saturated carbocycles. The van der Waals surface area contributed by atoms with E-state index in [0.717, 1.165) is 28.0 Å². The summed E-state index contributed by atoms with van der Waals surface area (Å²) in [4.78, 5) is 8.89. The van der Waals surface area contributed by atoms with Gasteiger partial charge < -0.3 is 15.4 Å². The number of guanidine groups is 1. The number of nitrogens with one attached hydrogen (secondary N) is 2. The zero-order valence-corrected chi connectivity index (χ0v) is 18.6. The molecule has 0 aliphatic rings. The molecule has 7 heteroatoms. The summed E-state index contributed by atoms with van der Waals surface area (Å²) in [6.07, 6.45) is 0. The van der Waals surface area contributed by atoms with Crippen LogP contribution in [0.25, 0.3) is 0 Å². The van der Waals surface area contributed by atoms with Crippen molar-refractivity contribution in [3.05, 3.63) is 45.4 Å². The summed E-state index contributed by atoms with van der Waals surface area (Å²) in [6.45, 7) is 7.75. The molecule has 0 atom stereocenters. The van der Waals surface area contributed by atoms with Crippen molar-refractivity contribution in [2.45, 2.75) is 39.8 Å². The Balaban J connectivity index is 0.00000312. The van der Waals surface area contributed by atoms with Gasteiger partial charge in [-0.2, -0.15) is 0 Å². The Labute approximate surface area is 171 Å². The molecule has 0 unspecified atom stereocenters. The second-order valence-corrected chi connectivity index (χ2v) is 6.85. The number of ether oxygens (including phenoxy) is 1. The number of aromatic nitrogens is 1. The number of halogens is 1. The number of aliphatic imine (C=N–C) groups is 1. The Bertz CT molecular complexity index is 700. The van der Waals surface area contributed by atoms with Crippen molar-refractivity contribution < 1.29 is 4.74 Å². The maximum absolute atomic E-state index is 5.29. The fraction of sp³-hybridized carbons (Fsp3) is 0.444. The standard InChI is InChI=1S/C18H26N4OS.HI/c1-12(2)15-11-24-17(22-15)10-21-18(19-4)20-9-14-6-7-16(23-5)13(3)8-14;/h6-8,11-12H,9-10H2,1-5H3,(H2,19,20,21);1H. The molecule has 0 bridgehead atoms. The summed E-state index contributed by atoms with van der Waals surface area (Å²) < 4.78 is 5.29. The topological polar surface area (TPSA) is 58.5 Å². The predicted octanol–water partition coefficient (Wildman–Crippen LogP) is 4.07. The first-order valence-electron chi connectivity index (χ1n) is 8.05. The van der Waals surface area contributed by atoms with Crippen LogP contribution in [0.3, 0.4) is 0 Å². The molecule has 1 heterocycles. The van der Waals surface area contributed by atoms with E-state index in [2.05, 4.69) is 52.0 Å². The third-order valence-corrected chi connectivity index (χ3v) is 4.58. The minimum Gasteiger partial charge on any atom is -0.496 e. The first kappa shape index (κ1) is 21.7. The van der Waals surface area contributed by atoms with Crippen LogP contribution in [0.15, 0.2) is 28.6 Å². The van der Waals surface area contributed by atoms with E-state index in [4.69, 9.17) is 4.74 Å². The first-order valence-corrected chi connectivity index (χ1v) is 8.93. The molecule has 25 heavy (non-hydrogen) atoms. The van der Waals surface area contributed by atoms with Gasteiger partial charge in [-0.05, 0) is 30.0 Å². The maximum atomic E-state index is 5.29. The summed E-state index contributed by atoms with van der Waals surface area (Å²) in [7, 11) is 3.46. The number of benzene rings is 1. The van der Waals surface area contributed by atoms with E-state index >= 15 is 0 Å². The highest BCUT2D eigenvalue weighted by Crippen LogP contribution is 2.19. The lowest BCUT2D eigenvalue weighted by molar-refractivity contribution is 0.411. The third kappa shape index (κ3) is 6.47. The number of hydrogen-bond acceptors (Lipinski definition) is 4. The molecule has 0 radical (unpaired) electrons. The molecule has 5 nitrogen and oxygen atoms in total. The van der Waals surface area contributed by atoms with Gasteiger partial charge in [0.25, 0.3) is 0 Å². The Morgan fingerprint density at radius 2 is 2.00 bits per heavy atom. The molecule has 1 aromatic carbocycles. The SMILES string of the molecule is CN=C(NCc1ccc(OC)c(C)c1)NCc1nc(C(C)C)cs1.I. The monoisotopic (exact) mass is 474 g/mol. The molecule has 138 valence electrons. The Hall–Kier alpha value is -1.35. The molecular formula is C18H27IN4OS. The number of nitrogens with zero attached hydrogens (tertiary/aromatic N) is 2. The van der Waals surface area contributed by atoms with Crippen LogP contribution in [-0.4, -0.2) is 25.1 Å². The average molecular weight is 474 g/mol. The van der Waals surface area contributed by atoms with Gasteiger partial charge in [-0.1, -0.05) is 26.0 Å². The number of thiazole rings is 1.